The number of sulfonamides is 1. The van der Waals surface area contributed by atoms with Gasteiger partial charge >= 0.3 is 0 Å². The van der Waals surface area contributed by atoms with E-state index in [1.807, 2.05) is 31.2 Å². The number of aryl methyl sites for hydroxylation is 2. The number of aromatic nitrogens is 3. The standard InChI is InChI=1S/C18H23N5O3S2/c1-4-16-20-23-17(13(2)19-18(23)27-16)28(24,25)22-10-8-21(9-11-22)14-6-5-7-15(12-14)26-3/h5-7,12H,4,8-11H2,1-3H3. The molecular formula is C18H23N5O3S2. The average Bonchev–Trinajstić information content (AvgIpc) is 3.24. The van der Waals surface area contributed by atoms with E-state index in [0.717, 1.165) is 22.9 Å². The lowest BCUT2D eigenvalue weighted by Gasteiger charge is -2.35. The second-order valence-electron chi connectivity index (χ2n) is 6.64. The maximum Gasteiger partial charge on any atom is 0.262 e. The van der Waals surface area contributed by atoms with Crippen LogP contribution in [0.1, 0.15) is 17.6 Å². The van der Waals surface area contributed by atoms with Gasteiger partial charge in [-0.3, -0.25) is 0 Å². The highest BCUT2D eigenvalue weighted by atomic mass is 32.2. The van der Waals surface area contributed by atoms with Crippen LogP contribution >= 0.6 is 11.3 Å². The third-order valence-corrected chi connectivity index (χ3v) is 7.97. The predicted octanol–water partition coefficient (Wildman–Crippen LogP) is 2.18. The molecule has 150 valence electrons. The number of rotatable bonds is 5. The van der Waals surface area contributed by atoms with Crippen molar-refractivity contribution in [3.05, 3.63) is 35.0 Å². The molecule has 2 aromatic heterocycles. The van der Waals surface area contributed by atoms with Crippen LogP contribution in [0.5, 0.6) is 5.75 Å². The molecule has 1 saturated heterocycles. The average molecular weight is 422 g/mol. The summed E-state index contributed by atoms with van der Waals surface area (Å²) in [7, 11) is -2.02. The van der Waals surface area contributed by atoms with Gasteiger partial charge in [0.25, 0.3) is 10.0 Å². The Hall–Kier alpha value is -2.17. The fourth-order valence-corrected chi connectivity index (χ4v) is 6.02. The van der Waals surface area contributed by atoms with Crippen LogP contribution in [-0.4, -0.2) is 60.6 Å². The number of ether oxygens (including phenoxy) is 1. The van der Waals surface area contributed by atoms with Gasteiger partial charge in [-0.2, -0.15) is 13.9 Å². The number of benzene rings is 1. The zero-order valence-corrected chi connectivity index (χ0v) is 17.8. The molecule has 1 aliphatic rings. The molecule has 1 fully saturated rings. The van der Waals surface area contributed by atoms with Gasteiger partial charge in [-0.15, -0.1) is 0 Å². The molecule has 1 aromatic carbocycles. The minimum absolute atomic E-state index is 0.188. The second-order valence-corrected chi connectivity index (χ2v) is 9.53. The monoisotopic (exact) mass is 421 g/mol. The Labute approximate surface area is 168 Å². The lowest BCUT2D eigenvalue weighted by Crippen LogP contribution is -2.49. The summed E-state index contributed by atoms with van der Waals surface area (Å²) in [5.41, 5.74) is 1.53. The Bertz CT molecular complexity index is 1100. The summed E-state index contributed by atoms with van der Waals surface area (Å²) in [5.74, 6) is 0.792. The molecule has 0 aliphatic carbocycles. The Balaban J connectivity index is 1.57. The van der Waals surface area contributed by atoms with Crippen molar-refractivity contribution >= 4 is 32.0 Å². The van der Waals surface area contributed by atoms with E-state index in [1.54, 1.807) is 14.0 Å². The van der Waals surface area contributed by atoms with Gasteiger partial charge in [0, 0.05) is 37.9 Å². The Kier molecular flexibility index (Phi) is 5.02. The minimum atomic E-state index is -3.66. The van der Waals surface area contributed by atoms with E-state index in [9.17, 15) is 8.42 Å². The van der Waals surface area contributed by atoms with Crippen LogP contribution in [0, 0.1) is 6.92 Å². The molecule has 10 heteroatoms. The summed E-state index contributed by atoms with van der Waals surface area (Å²) in [5, 5.41) is 5.50. The molecule has 1 aliphatic heterocycles. The maximum atomic E-state index is 13.3. The maximum absolute atomic E-state index is 13.3. The molecule has 0 radical (unpaired) electrons. The van der Waals surface area contributed by atoms with Crippen molar-refractivity contribution in [2.45, 2.75) is 25.3 Å². The molecule has 0 atom stereocenters. The molecule has 3 heterocycles. The smallest absolute Gasteiger partial charge is 0.262 e. The Morgan fingerprint density at radius 3 is 2.64 bits per heavy atom. The molecule has 0 saturated carbocycles. The SMILES string of the molecule is CCc1nn2c(S(=O)(=O)N3CCN(c4cccc(OC)c4)CC3)c(C)nc2s1. The Morgan fingerprint density at radius 2 is 1.96 bits per heavy atom. The number of hydrogen-bond donors (Lipinski definition) is 0. The van der Waals surface area contributed by atoms with Gasteiger partial charge in [0.05, 0.1) is 12.8 Å². The zero-order chi connectivity index (χ0) is 19.9. The summed E-state index contributed by atoms with van der Waals surface area (Å²) in [4.78, 5) is 7.21. The predicted molar refractivity (Wildman–Crippen MR) is 109 cm³/mol. The van der Waals surface area contributed by atoms with Gasteiger partial charge in [0.2, 0.25) is 4.96 Å². The van der Waals surface area contributed by atoms with Gasteiger partial charge in [0.15, 0.2) is 5.03 Å². The normalized spacial score (nSPS) is 16.0. The van der Waals surface area contributed by atoms with Crippen LogP contribution in [0.25, 0.3) is 4.96 Å². The fourth-order valence-electron chi connectivity index (χ4n) is 3.43. The second kappa shape index (κ2) is 7.34. The van der Waals surface area contributed by atoms with E-state index < -0.39 is 10.0 Å². The first kappa shape index (κ1) is 19.2. The van der Waals surface area contributed by atoms with E-state index in [1.165, 1.54) is 20.2 Å². The summed E-state index contributed by atoms with van der Waals surface area (Å²) < 4.78 is 34.9. The number of nitrogens with zero attached hydrogens (tertiary/aromatic N) is 5. The molecular weight excluding hydrogens is 398 g/mol. The molecule has 3 aromatic rings. The van der Waals surface area contributed by atoms with E-state index in [4.69, 9.17) is 4.74 Å². The number of fused-ring (bicyclic) bond motifs is 1. The highest BCUT2D eigenvalue weighted by Crippen LogP contribution is 2.27. The third kappa shape index (κ3) is 3.25. The van der Waals surface area contributed by atoms with Crippen LogP contribution in [0.4, 0.5) is 5.69 Å². The van der Waals surface area contributed by atoms with Crippen LogP contribution in [0.15, 0.2) is 29.3 Å². The van der Waals surface area contributed by atoms with Gasteiger partial charge in [-0.05, 0) is 25.5 Å². The zero-order valence-electron chi connectivity index (χ0n) is 16.1. The summed E-state index contributed by atoms with van der Waals surface area (Å²) in [6.07, 6.45) is 0.756. The highest BCUT2D eigenvalue weighted by Gasteiger charge is 2.34. The van der Waals surface area contributed by atoms with E-state index in [-0.39, 0.29) is 5.03 Å². The lowest BCUT2D eigenvalue weighted by molar-refractivity contribution is 0.381. The first-order chi connectivity index (χ1) is 13.4. The lowest BCUT2D eigenvalue weighted by atomic mass is 10.2. The first-order valence-corrected chi connectivity index (χ1v) is 11.4. The Morgan fingerprint density at radius 1 is 1.21 bits per heavy atom. The number of anilines is 1. The van der Waals surface area contributed by atoms with Crippen molar-refractivity contribution in [2.24, 2.45) is 0 Å². The summed E-state index contributed by atoms with van der Waals surface area (Å²) in [6, 6.07) is 7.82. The molecule has 0 amide bonds. The van der Waals surface area contributed by atoms with E-state index in [0.29, 0.717) is 36.8 Å². The van der Waals surface area contributed by atoms with Crippen molar-refractivity contribution in [3.63, 3.8) is 0 Å². The van der Waals surface area contributed by atoms with Gasteiger partial charge in [-0.1, -0.05) is 24.3 Å². The van der Waals surface area contributed by atoms with Crippen LogP contribution in [0.2, 0.25) is 0 Å². The van der Waals surface area contributed by atoms with Crippen molar-refractivity contribution in [1.29, 1.82) is 0 Å². The van der Waals surface area contributed by atoms with Crippen molar-refractivity contribution in [2.75, 3.05) is 38.2 Å². The fraction of sp³-hybridized carbons (Fsp3) is 0.444. The van der Waals surface area contributed by atoms with Gasteiger partial charge < -0.3 is 9.64 Å². The van der Waals surface area contributed by atoms with Gasteiger partial charge in [0.1, 0.15) is 10.8 Å². The van der Waals surface area contributed by atoms with Crippen molar-refractivity contribution in [1.82, 2.24) is 18.9 Å². The van der Waals surface area contributed by atoms with E-state index >= 15 is 0 Å². The molecule has 28 heavy (non-hydrogen) atoms. The van der Waals surface area contributed by atoms with Gasteiger partial charge in [-0.25, -0.2) is 13.4 Å². The number of piperazine rings is 1. The van der Waals surface area contributed by atoms with Crippen LogP contribution in [-0.2, 0) is 16.4 Å². The minimum Gasteiger partial charge on any atom is -0.497 e. The van der Waals surface area contributed by atoms with Crippen LogP contribution < -0.4 is 9.64 Å². The number of imidazole rings is 1. The topological polar surface area (TPSA) is 80.0 Å². The van der Waals surface area contributed by atoms with Crippen molar-refractivity contribution in [3.8, 4) is 5.75 Å². The number of hydrogen-bond acceptors (Lipinski definition) is 7. The third-order valence-electron chi connectivity index (χ3n) is 4.91. The molecule has 0 unspecified atom stereocenters. The molecule has 0 N–H and O–H groups in total. The molecule has 8 nitrogen and oxygen atoms in total. The first-order valence-electron chi connectivity index (χ1n) is 9.18. The summed E-state index contributed by atoms with van der Waals surface area (Å²) in [6.45, 7) is 5.78. The van der Waals surface area contributed by atoms with E-state index in [2.05, 4.69) is 15.0 Å². The quantitative estimate of drug-likeness (QED) is 0.628. The van der Waals surface area contributed by atoms with Crippen molar-refractivity contribution < 1.29 is 13.2 Å². The highest BCUT2D eigenvalue weighted by molar-refractivity contribution is 7.89. The van der Waals surface area contributed by atoms with Crippen LogP contribution in [0.3, 0.4) is 0 Å². The molecule has 0 bridgehead atoms. The molecule has 4 rings (SSSR count). The number of methoxy groups -OCH3 is 1. The largest absolute Gasteiger partial charge is 0.497 e. The molecule has 0 spiro atoms. The summed E-state index contributed by atoms with van der Waals surface area (Å²) >= 11 is 1.43.